The van der Waals surface area contributed by atoms with Crippen molar-refractivity contribution in [2.45, 2.75) is 43.8 Å². The minimum absolute atomic E-state index is 0.319. The van der Waals surface area contributed by atoms with Crippen LogP contribution in [0.3, 0.4) is 0 Å². The molecule has 0 saturated carbocycles. The van der Waals surface area contributed by atoms with Crippen molar-refractivity contribution in [1.82, 2.24) is 14.8 Å². The number of nitrogens with two attached hydrogens (primary N) is 1. The minimum Gasteiger partial charge on any atom is -0.324 e. The summed E-state index contributed by atoms with van der Waals surface area (Å²) in [6, 6.07) is 10.7. The Bertz CT molecular complexity index is 521. The van der Waals surface area contributed by atoms with Gasteiger partial charge in [-0.2, -0.15) is 0 Å². The van der Waals surface area contributed by atoms with Gasteiger partial charge in [-0.1, -0.05) is 42.1 Å². The largest absolute Gasteiger partial charge is 0.324 e. The lowest BCUT2D eigenvalue weighted by atomic mass is 10.2. The van der Waals surface area contributed by atoms with Crippen LogP contribution in [-0.2, 0) is 6.54 Å². The highest BCUT2D eigenvalue weighted by Gasteiger charge is 2.17. The summed E-state index contributed by atoms with van der Waals surface area (Å²) < 4.78 is 2.12. The van der Waals surface area contributed by atoms with Crippen LogP contribution in [0.25, 0.3) is 0 Å². The highest BCUT2D eigenvalue weighted by Crippen LogP contribution is 2.34. The lowest BCUT2D eigenvalue weighted by Gasteiger charge is -2.15. The van der Waals surface area contributed by atoms with E-state index in [1.54, 1.807) is 11.8 Å². The van der Waals surface area contributed by atoms with E-state index >= 15 is 0 Å². The Morgan fingerprint density at radius 3 is 2.42 bits per heavy atom. The van der Waals surface area contributed by atoms with Gasteiger partial charge >= 0.3 is 0 Å². The lowest BCUT2D eigenvalue weighted by Crippen LogP contribution is -2.11. The van der Waals surface area contributed by atoms with Crippen molar-refractivity contribution >= 4 is 11.8 Å². The number of hydrogen-bond acceptors (Lipinski definition) is 4. The Kier molecular flexibility index (Phi) is 4.61. The third-order valence-electron chi connectivity index (χ3n) is 2.99. The van der Waals surface area contributed by atoms with E-state index < -0.39 is 0 Å². The smallest absolute Gasteiger partial charge is 0.192 e. The average Bonchev–Trinajstić information content (AvgIpc) is 2.82. The molecule has 0 bridgehead atoms. The number of hydrogen-bond donors (Lipinski definition) is 1. The van der Waals surface area contributed by atoms with Crippen LogP contribution in [0.2, 0.25) is 0 Å². The molecular weight excluding hydrogens is 256 g/mol. The van der Waals surface area contributed by atoms with Crippen molar-refractivity contribution in [3.8, 4) is 0 Å². The number of nitrogens with zero attached hydrogens (tertiary/aromatic N) is 3. The Morgan fingerprint density at radius 1 is 1.16 bits per heavy atom. The molecule has 102 valence electrons. The summed E-state index contributed by atoms with van der Waals surface area (Å²) in [6.07, 6.45) is 0. The standard InChI is InChI=1S/C14H20N4S/c1-10(2)18-13(9-15)16-17-14(18)19-11(3)12-7-5-4-6-8-12/h4-8,10-11H,9,15H2,1-3H3. The molecule has 0 saturated heterocycles. The molecule has 0 amide bonds. The van der Waals surface area contributed by atoms with Gasteiger partial charge in [0.2, 0.25) is 0 Å². The zero-order valence-corrected chi connectivity index (χ0v) is 12.4. The monoisotopic (exact) mass is 276 g/mol. The fraction of sp³-hybridized carbons (Fsp3) is 0.429. The molecule has 2 aromatic rings. The molecule has 2 N–H and O–H groups in total. The van der Waals surface area contributed by atoms with Gasteiger partial charge in [0.15, 0.2) is 5.16 Å². The molecule has 1 unspecified atom stereocenters. The second kappa shape index (κ2) is 6.21. The van der Waals surface area contributed by atoms with E-state index in [0.717, 1.165) is 11.0 Å². The Labute approximate surface area is 118 Å². The van der Waals surface area contributed by atoms with Crippen LogP contribution in [-0.4, -0.2) is 14.8 Å². The minimum atomic E-state index is 0.319. The van der Waals surface area contributed by atoms with Gasteiger partial charge in [-0.3, -0.25) is 0 Å². The predicted molar refractivity (Wildman–Crippen MR) is 79.0 cm³/mol. The number of rotatable bonds is 5. The van der Waals surface area contributed by atoms with E-state index in [4.69, 9.17) is 5.73 Å². The second-order valence-electron chi connectivity index (χ2n) is 4.74. The summed E-state index contributed by atoms with van der Waals surface area (Å²) in [5.41, 5.74) is 7.00. The molecule has 0 fully saturated rings. The van der Waals surface area contributed by atoms with Crippen molar-refractivity contribution < 1.29 is 0 Å². The quantitative estimate of drug-likeness (QED) is 0.852. The van der Waals surface area contributed by atoms with Crippen molar-refractivity contribution in [2.75, 3.05) is 0 Å². The normalized spacial score (nSPS) is 12.9. The number of aromatic nitrogens is 3. The zero-order chi connectivity index (χ0) is 13.8. The van der Waals surface area contributed by atoms with Gasteiger partial charge in [-0.25, -0.2) is 0 Å². The van der Waals surface area contributed by atoms with Gasteiger partial charge in [-0.15, -0.1) is 10.2 Å². The molecule has 1 aromatic heterocycles. The molecule has 19 heavy (non-hydrogen) atoms. The summed E-state index contributed by atoms with van der Waals surface area (Å²) in [5, 5.41) is 9.72. The molecule has 0 aliphatic rings. The summed E-state index contributed by atoms with van der Waals surface area (Å²) in [5.74, 6) is 0.845. The van der Waals surface area contributed by atoms with Crippen LogP contribution in [0, 0.1) is 0 Å². The molecule has 1 heterocycles. The Balaban J connectivity index is 2.22. The van der Waals surface area contributed by atoms with Gasteiger partial charge in [0.25, 0.3) is 0 Å². The maximum absolute atomic E-state index is 5.71. The van der Waals surface area contributed by atoms with Crippen LogP contribution in [0.4, 0.5) is 0 Å². The van der Waals surface area contributed by atoms with Crippen LogP contribution < -0.4 is 5.73 Å². The van der Waals surface area contributed by atoms with Crippen molar-refractivity contribution in [3.05, 3.63) is 41.7 Å². The SMILES string of the molecule is CC(Sc1nnc(CN)n1C(C)C)c1ccccc1. The first-order valence-electron chi connectivity index (χ1n) is 6.49. The summed E-state index contributed by atoms with van der Waals surface area (Å²) in [4.78, 5) is 0. The molecule has 1 atom stereocenters. The van der Waals surface area contributed by atoms with E-state index in [-0.39, 0.29) is 0 Å². The first kappa shape index (κ1) is 14.1. The lowest BCUT2D eigenvalue weighted by molar-refractivity contribution is 0.525. The van der Waals surface area contributed by atoms with Gasteiger partial charge in [0.05, 0.1) is 6.54 Å². The fourth-order valence-corrected chi connectivity index (χ4v) is 3.12. The second-order valence-corrected chi connectivity index (χ2v) is 6.05. The Hall–Kier alpha value is -1.33. The van der Waals surface area contributed by atoms with E-state index in [0.29, 0.717) is 17.8 Å². The van der Waals surface area contributed by atoms with E-state index in [1.165, 1.54) is 5.56 Å². The van der Waals surface area contributed by atoms with Crippen LogP contribution >= 0.6 is 11.8 Å². The summed E-state index contributed by atoms with van der Waals surface area (Å²) >= 11 is 1.72. The highest BCUT2D eigenvalue weighted by atomic mass is 32.2. The maximum Gasteiger partial charge on any atom is 0.192 e. The molecule has 2 rings (SSSR count). The molecule has 0 aliphatic carbocycles. The van der Waals surface area contributed by atoms with Gasteiger partial charge in [0, 0.05) is 11.3 Å². The predicted octanol–water partition coefficient (Wildman–Crippen LogP) is 3.17. The maximum atomic E-state index is 5.71. The molecule has 0 spiro atoms. The highest BCUT2D eigenvalue weighted by molar-refractivity contribution is 7.99. The van der Waals surface area contributed by atoms with Gasteiger partial charge in [0.1, 0.15) is 5.82 Å². The topological polar surface area (TPSA) is 56.7 Å². The molecule has 0 aliphatic heterocycles. The molecule has 1 aromatic carbocycles. The van der Waals surface area contributed by atoms with E-state index in [2.05, 4.69) is 59.8 Å². The first-order chi connectivity index (χ1) is 9.13. The zero-order valence-electron chi connectivity index (χ0n) is 11.6. The van der Waals surface area contributed by atoms with Crippen molar-refractivity contribution in [3.63, 3.8) is 0 Å². The van der Waals surface area contributed by atoms with Crippen LogP contribution in [0.15, 0.2) is 35.5 Å². The molecule has 4 nitrogen and oxygen atoms in total. The number of thioether (sulfide) groups is 1. The third kappa shape index (κ3) is 3.16. The van der Waals surface area contributed by atoms with Crippen LogP contribution in [0.1, 0.15) is 43.5 Å². The van der Waals surface area contributed by atoms with E-state index in [9.17, 15) is 0 Å². The van der Waals surface area contributed by atoms with Crippen LogP contribution in [0.5, 0.6) is 0 Å². The van der Waals surface area contributed by atoms with Gasteiger partial charge in [-0.05, 0) is 26.3 Å². The number of benzene rings is 1. The molecule has 0 radical (unpaired) electrons. The fourth-order valence-electron chi connectivity index (χ4n) is 2.00. The Morgan fingerprint density at radius 2 is 1.84 bits per heavy atom. The van der Waals surface area contributed by atoms with E-state index in [1.807, 2.05) is 6.07 Å². The van der Waals surface area contributed by atoms with Gasteiger partial charge < -0.3 is 10.3 Å². The molecule has 5 heteroatoms. The average molecular weight is 276 g/mol. The molecular formula is C14H20N4S. The van der Waals surface area contributed by atoms with Crippen molar-refractivity contribution in [2.24, 2.45) is 5.73 Å². The summed E-state index contributed by atoms with van der Waals surface area (Å²) in [7, 11) is 0. The first-order valence-corrected chi connectivity index (χ1v) is 7.37. The third-order valence-corrected chi connectivity index (χ3v) is 4.10. The summed E-state index contributed by atoms with van der Waals surface area (Å²) in [6.45, 7) is 6.85. The van der Waals surface area contributed by atoms with Crippen molar-refractivity contribution in [1.29, 1.82) is 0 Å².